The van der Waals surface area contributed by atoms with Gasteiger partial charge in [-0.2, -0.15) is 0 Å². The standard InChI is InChI=1S/C13H19ClN2/c1-9-10(2)12(14)5-4-11(9)13-8-15-6-7-16(13)3/h4-5,13,15H,6-8H2,1-3H3. The Morgan fingerprint density at radius 1 is 1.31 bits per heavy atom. The molecule has 1 aliphatic heterocycles. The van der Waals surface area contributed by atoms with E-state index in [1.807, 2.05) is 6.07 Å². The van der Waals surface area contributed by atoms with Crippen molar-refractivity contribution in [3.8, 4) is 0 Å². The van der Waals surface area contributed by atoms with Crippen LogP contribution in [-0.4, -0.2) is 31.6 Å². The molecule has 2 rings (SSSR count). The summed E-state index contributed by atoms with van der Waals surface area (Å²) in [5, 5.41) is 4.32. The first kappa shape index (κ1) is 11.9. The molecule has 0 radical (unpaired) electrons. The first-order valence-corrected chi connectivity index (χ1v) is 6.15. The van der Waals surface area contributed by atoms with Gasteiger partial charge < -0.3 is 5.32 Å². The highest BCUT2D eigenvalue weighted by atomic mass is 35.5. The van der Waals surface area contributed by atoms with Gasteiger partial charge in [0.2, 0.25) is 0 Å². The van der Waals surface area contributed by atoms with Crippen molar-refractivity contribution in [1.82, 2.24) is 10.2 Å². The highest BCUT2D eigenvalue weighted by Gasteiger charge is 2.22. The molecule has 1 aromatic carbocycles. The summed E-state index contributed by atoms with van der Waals surface area (Å²) < 4.78 is 0. The van der Waals surface area contributed by atoms with E-state index in [9.17, 15) is 0 Å². The van der Waals surface area contributed by atoms with Crippen molar-refractivity contribution in [2.75, 3.05) is 26.7 Å². The molecule has 1 unspecified atom stereocenters. The minimum atomic E-state index is 0.477. The molecule has 0 spiro atoms. The first-order valence-electron chi connectivity index (χ1n) is 5.78. The summed E-state index contributed by atoms with van der Waals surface area (Å²) in [5.41, 5.74) is 3.93. The number of rotatable bonds is 1. The Morgan fingerprint density at radius 2 is 2.06 bits per heavy atom. The van der Waals surface area contributed by atoms with Crippen LogP contribution in [-0.2, 0) is 0 Å². The summed E-state index contributed by atoms with van der Waals surface area (Å²) >= 11 is 6.13. The molecule has 3 heteroatoms. The van der Waals surface area contributed by atoms with Crippen molar-refractivity contribution in [2.45, 2.75) is 19.9 Å². The largest absolute Gasteiger partial charge is 0.314 e. The molecule has 1 aliphatic rings. The zero-order valence-electron chi connectivity index (χ0n) is 10.2. The molecule has 16 heavy (non-hydrogen) atoms. The third kappa shape index (κ3) is 2.10. The Kier molecular flexibility index (Phi) is 3.53. The highest BCUT2D eigenvalue weighted by Crippen LogP contribution is 2.29. The second-order valence-electron chi connectivity index (χ2n) is 4.59. The van der Waals surface area contributed by atoms with Gasteiger partial charge in [0.05, 0.1) is 0 Å². The molecule has 0 amide bonds. The number of likely N-dealkylation sites (N-methyl/N-ethyl adjacent to an activating group) is 1. The predicted molar refractivity (Wildman–Crippen MR) is 69.2 cm³/mol. The predicted octanol–water partition coefficient (Wildman–Crippen LogP) is 2.53. The van der Waals surface area contributed by atoms with E-state index in [2.05, 4.69) is 37.2 Å². The molecule has 0 saturated carbocycles. The molecule has 0 bridgehead atoms. The van der Waals surface area contributed by atoms with Gasteiger partial charge in [-0.25, -0.2) is 0 Å². The maximum absolute atomic E-state index is 6.13. The van der Waals surface area contributed by atoms with Crippen molar-refractivity contribution in [1.29, 1.82) is 0 Å². The third-order valence-corrected chi connectivity index (χ3v) is 4.04. The minimum absolute atomic E-state index is 0.477. The van der Waals surface area contributed by atoms with Gasteiger partial charge in [-0.15, -0.1) is 0 Å². The molecule has 1 N–H and O–H groups in total. The van der Waals surface area contributed by atoms with Gasteiger partial charge >= 0.3 is 0 Å². The van der Waals surface area contributed by atoms with Gasteiger partial charge in [0.25, 0.3) is 0 Å². The number of hydrogen-bond acceptors (Lipinski definition) is 2. The Hall–Kier alpha value is -0.570. The van der Waals surface area contributed by atoms with E-state index in [1.54, 1.807) is 0 Å². The van der Waals surface area contributed by atoms with Gasteiger partial charge in [-0.3, -0.25) is 4.90 Å². The van der Waals surface area contributed by atoms with Crippen LogP contribution in [0.25, 0.3) is 0 Å². The fourth-order valence-electron chi connectivity index (χ4n) is 2.32. The lowest BCUT2D eigenvalue weighted by Crippen LogP contribution is -2.44. The van der Waals surface area contributed by atoms with Crippen LogP contribution in [0.1, 0.15) is 22.7 Å². The number of piperazine rings is 1. The maximum Gasteiger partial charge on any atom is 0.0472 e. The van der Waals surface area contributed by atoms with Crippen molar-refractivity contribution in [2.24, 2.45) is 0 Å². The second-order valence-corrected chi connectivity index (χ2v) is 4.99. The number of nitrogens with one attached hydrogen (secondary N) is 1. The average molecular weight is 239 g/mol. The van der Waals surface area contributed by atoms with Gasteiger partial charge in [0, 0.05) is 30.7 Å². The van der Waals surface area contributed by atoms with Crippen LogP contribution < -0.4 is 5.32 Å². The highest BCUT2D eigenvalue weighted by molar-refractivity contribution is 6.31. The molecular formula is C13H19ClN2. The Balaban J connectivity index is 2.36. The van der Waals surface area contributed by atoms with Crippen molar-refractivity contribution in [3.05, 3.63) is 33.8 Å². The van der Waals surface area contributed by atoms with E-state index in [1.165, 1.54) is 16.7 Å². The summed E-state index contributed by atoms with van der Waals surface area (Å²) in [4.78, 5) is 2.41. The molecule has 1 saturated heterocycles. The Labute approximate surface area is 103 Å². The van der Waals surface area contributed by atoms with Gasteiger partial charge in [0.15, 0.2) is 0 Å². The number of nitrogens with zero attached hydrogens (tertiary/aromatic N) is 1. The third-order valence-electron chi connectivity index (χ3n) is 3.63. The van der Waals surface area contributed by atoms with Gasteiger partial charge in [0.1, 0.15) is 0 Å². The Morgan fingerprint density at radius 3 is 2.75 bits per heavy atom. The quantitative estimate of drug-likeness (QED) is 0.809. The van der Waals surface area contributed by atoms with Crippen LogP contribution in [0, 0.1) is 13.8 Å². The number of hydrogen-bond donors (Lipinski definition) is 1. The van der Waals surface area contributed by atoms with Crippen molar-refractivity contribution < 1.29 is 0 Å². The molecule has 88 valence electrons. The van der Waals surface area contributed by atoms with E-state index in [0.717, 1.165) is 24.7 Å². The summed E-state index contributed by atoms with van der Waals surface area (Å²) in [7, 11) is 2.19. The van der Waals surface area contributed by atoms with Gasteiger partial charge in [-0.05, 0) is 43.7 Å². The molecule has 1 heterocycles. The number of halogens is 1. The minimum Gasteiger partial charge on any atom is -0.314 e. The zero-order chi connectivity index (χ0) is 11.7. The topological polar surface area (TPSA) is 15.3 Å². The lowest BCUT2D eigenvalue weighted by molar-refractivity contribution is 0.201. The molecule has 1 atom stereocenters. The van der Waals surface area contributed by atoms with E-state index in [0.29, 0.717) is 6.04 Å². The zero-order valence-corrected chi connectivity index (χ0v) is 10.9. The molecule has 2 nitrogen and oxygen atoms in total. The van der Waals surface area contributed by atoms with Crippen LogP contribution in [0.2, 0.25) is 5.02 Å². The molecule has 0 aliphatic carbocycles. The lowest BCUT2D eigenvalue weighted by atomic mass is 9.95. The van der Waals surface area contributed by atoms with Crippen LogP contribution in [0.4, 0.5) is 0 Å². The smallest absolute Gasteiger partial charge is 0.0472 e. The lowest BCUT2D eigenvalue weighted by Gasteiger charge is -2.34. The van der Waals surface area contributed by atoms with Gasteiger partial charge in [-0.1, -0.05) is 17.7 Å². The van der Waals surface area contributed by atoms with Crippen LogP contribution >= 0.6 is 11.6 Å². The van der Waals surface area contributed by atoms with E-state index in [-0.39, 0.29) is 0 Å². The normalized spacial score (nSPS) is 22.4. The first-order chi connectivity index (χ1) is 7.61. The average Bonchev–Trinajstić information content (AvgIpc) is 2.28. The van der Waals surface area contributed by atoms with Crippen molar-refractivity contribution in [3.63, 3.8) is 0 Å². The maximum atomic E-state index is 6.13. The van der Waals surface area contributed by atoms with Crippen LogP contribution in [0.5, 0.6) is 0 Å². The van der Waals surface area contributed by atoms with E-state index < -0.39 is 0 Å². The summed E-state index contributed by atoms with van der Waals surface area (Å²) in [6.45, 7) is 7.47. The number of benzene rings is 1. The fourth-order valence-corrected chi connectivity index (χ4v) is 2.53. The molecule has 1 aromatic rings. The Bertz CT molecular complexity index is 390. The second kappa shape index (κ2) is 4.74. The van der Waals surface area contributed by atoms with Crippen molar-refractivity contribution >= 4 is 11.6 Å². The fraction of sp³-hybridized carbons (Fsp3) is 0.538. The summed E-state index contributed by atoms with van der Waals surface area (Å²) in [6, 6.07) is 4.66. The SMILES string of the molecule is Cc1c(Cl)ccc(C2CNCCN2C)c1C. The van der Waals surface area contributed by atoms with E-state index in [4.69, 9.17) is 11.6 Å². The summed E-state index contributed by atoms with van der Waals surface area (Å²) in [5.74, 6) is 0. The monoisotopic (exact) mass is 238 g/mol. The van der Waals surface area contributed by atoms with Crippen LogP contribution in [0.15, 0.2) is 12.1 Å². The summed E-state index contributed by atoms with van der Waals surface area (Å²) in [6.07, 6.45) is 0. The molecule has 0 aromatic heterocycles. The molecular weight excluding hydrogens is 220 g/mol. The van der Waals surface area contributed by atoms with E-state index >= 15 is 0 Å². The molecule has 1 fully saturated rings. The van der Waals surface area contributed by atoms with Crippen LogP contribution in [0.3, 0.4) is 0 Å².